The lowest BCUT2D eigenvalue weighted by atomic mass is 10.4. The number of carbonyl (C=O) groups excluding carboxylic acids is 1. The number of hydrogen-bond acceptors (Lipinski definition) is 4. The maximum Gasteiger partial charge on any atom is 0.308 e. The number of hydrogen-bond donors (Lipinski definition) is 0. The Morgan fingerprint density at radius 3 is 1.69 bits per heavy atom. The van der Waals surface area contributed by atoms with Gasteiger partial charge in [0, 0.05) is 12.5 Å². The molecule has 0 spiro atoms. The molecule has 0 saturated heterocycles. The van der Waals surface area contributed by atoms with Crippen LogP contribution in [0.3, 0.4) is 0 Å². The van der Waals surface area contributed by atoms with Crippen molar-refractivity contribution in [3.8, 4) is 12.1 Å². The first kappa shape index (κ1) is 13.5. The zero-order chi connectivity index (χ0) is 10.9. The average Bonchev–Trinajstić information content (AvgIpc) is 2.04. The highest BCUT2D eigenvalue weighted by atomic mass is 16.5. The molecule has 0 atom stereocenters. The van der Waals surface area contributed by atoms with Crippen molar-refractivity contribution in [3.63, 3.8) is 0 Å². The van der Waals surface area contributed by atoms with E-state index in [0.717, 1.165) is 0 Å². The highest BCUT2D eigenvalue weighted by Crippen LogP contribution is 1.88. The van der Waals surface area contributed by atoms with Crippen molar-refractivity contribution in [1.82, 2.24) is 0 Å². The Bertz CT molecular complexity index is 292. The van der Waals surface area contributed by atoms with Crippen LogP contribution in [0.25, 0.3) is 0 Å². The van der Waals surface area contributed by atoms with Gasteiger partial charge in [-0.05, 0) is 13.5 Å². The van der Waals surface area contributed by atoms with E-state index in [9.17, 15) is 4.79 Å². The number of rotatable bonds is 1. The number of allylic oxidation sites excluding steroid dienone is 2. The van der Waals surface area contributed by atoms with Gasteiger partial charge in [0.2, 0.25) is 0 Å². The topological polar surface area (TPSA) is 73.9 Å². The Morgan fingerprint density at radius 1 is 1.23 bits per heavy atom. The maximum absolute atomic E-state index is 9.98. The van der Waals surface area contributed by atoms with Gasteiger partial charge in [-0.3, -0.25) is 4.79 Å². The molecule has 0 saturated carbocycles. The van der Waals surface area contributed by atoms with Gasteiger partial charge in [-0.25, -0.2) is 0 Å². The first-order valence-electron chi connectivity index (χ1n) is 3.27. The van der Waals surface area contributed by atoms with E-state index in [0.29, 0.717) is 5.57 Å². The SMILES string of the molecule is C=C(C#N)OC(C)=O.C=C(C)C#N. The van der Waals surface area contributed by atoms with Crippen LogP contribution in [-0.4, -0.2) is 5.97 Å². The van der Waals surface area contributed by atoms with Crippen LogP contribution < -0.4 is 0 Å². The molecule has 4 nitrogen and oxygen atoms in total. The van der Waals surface area contributed by atoms with Gasteiger partial charge in [-0.15, -0.1) is 0 Å². The minimum Gasteiger partial charge on any atom is -0.416 e. The van der Waals surface area contributed by atoms with Gasteiger partial charge >= 0.3 is 5.97 Å². The predicted octanol–water partition coefficient (Wildman–Crippen LogP) is 1.67. The molecule has 0 unspecified atom stereocenters. The molecule has 0 aromatic carbocycles. The summed E-state index contributed by atoms with van der Waals surface area (Å²) in [6.07, 6.45) is 0. The van der Waals surface area contributed by atoms with Gasteiger partial charge in [0.1, 0.15) is 6.07 Å². The molecule has 0 aliphatic heterocycles. The lowest BCUT2D eigenvalue weighted by molar-refractivity contribution is -0.136. The molecule has 0 aromatic heterocycles. The Labute approximate surface area is 77.3 Å². The van der Waals surface area contributed by atoms with Crippen molar-refractivity contribution in [2.24, 2.45) is 0 Å². The maximum atomic E-state index is 9.98. The zero-order valence-corrected chi connectivity index (χ0v) is 7.63. The van der Waals surface area contributed by atoms with Gasteiger partial charge in [0.05, 0.1) is 6.07 Å². The molecule has 0 fully saturated rings. The van der Waals surface area contributed by atoms with E-state index in [-0.39, 0.29) is 5.76 Å². The molecule has 13 heavy (non-hydrogen) atoms. The molecule has 0 N–H and O–H groups in total. The van der Waals surface area contributed by atoms with Crippen molar-refractivity contribution in [3.05, 3.63) is 24.5 Å². The third-order valence-corrected chi connectivity index (χ3v) is 0.582. The van der Waals surface area contributed by atoms with E-state index in [1.807, 2.05) is 6.07 Å². The van der Waals surface area contributed by atoms with Crippen LogP contribution >= 0.6 is 0 Å². The van der Waals surface area contributed by atoms with Crippen molar-refractivity contribution in [2.45, 2.75) is 13.8 Å². The third-order valence-electron chi connectivity index (χ3n) is 0.582. The molecule has 0 rings (SSSR count). The fourth-order valence-electron chi connectivity index (χ4n) is 0.196. The molecule has 0 heterocycles. The second-order valence-electron chi connectivity index (χ2n) is 2.02. The minimum absolute atomic E-state index is 0.169. The first-order valence-corrected chi connectivity index (χ1v) is 3.27. The second kappa shape index (κ2) is 8.03. The summed E-state index contributed by atoms with van der Waals surface area (Å²) in [7, 11) is 0. The quantitative estimate of drug-likeness (QED) is 0.347. The largest absolute Gasteiger partial charge is 0.416 e. The standard InChI is InChI=1S/C5H5NO2.C4H5N/c1-4(3-6)8-5(2)7;1-4(2)3-5/h1H2,2H3;1H2,2H3. The van der Waals surface area contributed by atoms with E-state index in [2.05, 4.69) is 17.9 Å². The first-order chi connectivity index (χ1) is 5.93. The molecule has 0 aliphatic carbocycles. The van der Waals surface area contributed by atoms with Crippen molar-refractivity contribution < 1.29 is 9.53 Å². The summed E-state index contributed by atoms with van der Waals surface area (Å²) >= 11 is 0. The van der Waals surface area contributed by atoms with E-state index in [1.165, 1.54) is 6.92 Å². The van der Waals surface area contributed by atoms with Crippen LogP contribution in [0, 0.1) is 22.7 Å². The van der Waals surface area contributed by atoms with Gasteiger partial charge in [0.15, 0.2) is 5.76 Å². The highest BCUT2D eigenvalue weighted by Gasteiger charge is 1.93. The summed E-state index contributed by atoms with van der Waals surface area (Å²) in [6, 6.07) is 3.39. The van der Waals surface area contributed by atoms with Crippen LogP contribution in [0.5, 0.6) is 0 Å². The molecule has 0 amide bonds. The molecule has 0 radical (unpaired) electrons. The molecule has 0 aliphatic rings. The van der Waals surface area contributed by atoms with Gasteiger partial charge in [0.25, 0.3) is 0 Å². The Balaban J connectivity index is 0. The Hall–Kier alpha value is -2.07. The monoisotopic (exact) mass is 178 g/mol. The summed E-state index contributed by atoms with van der Waals surface area (Å²) < 4.78 is 4.20. The number of ether oxygens (including phenoxy) is 1. The predicted molar refractivity (Wildman–Crippen MR) is 46.9 cm³/mol. The molecular weight excluding hydrogens is 168 g/mol. The second-order valence-corrected chi connectivity index (χ2v) is 2.02. The number of carbonyl (C=O) groups is 1. The average molecular weight is 178 g/mol. The van der Waals surface area contributed by atoms with Crippen LogP contribution in [0.2, 0.25) is 0 Å². The lowest BCUT2D eigenvalue weighted by Crippen LogP contribution is -1.94. The van der Waals surface area contributed by atoms with Crippen LogP contribution in [0.1, 0.15) is 13.8 Å². The van der Waals surface area contributed by atoms with E-state index < -0.39 is 5.97 Å². The smallest absolute Gasteiger partial charge is 0.308 e. The van der Waals surface area contributed by atoms with Crippen LogP contribution in [-0.2, 0) is 9.53 Å². The number of nitriles is 2. The summed E-state index contributed by atoms with van der Waals surface area (Å²) in [6.45, 7) is 9.30. The molecule has 4 heteroatoms. The third kappa shape index (κ3) is 17.8. The van der Waals surface area contributed by atoms with Crippen LogP contribution in [0.15, 0.2) is 24.5 Å². The fraction of sp³-hybridized carbons (Fsp3) is 0.222. The van der Waals surface area contributed by atoms with Crippen molar-refractivity contribution in [1.29, 1.82) is 10.5 Å². The van der Waals surface area contributed by atoms with Crippen LogP contribution in [0.4, 0.5) is 0 Å². The van der Waals surface area contributed by atoms with Gasteiger partial charge in [-0.1, -0.05) is 6.58 Å². The Kier molecular flexibility index (Phi) is 8.35. The summed E-state index contributed by atoms with van der Waals surface area (Å²) in [5.41, 5.74) is 0.560. The minimum atomic E-state index is -0.517. The molecule has 68 valence electrons. The van der Waals surface area contributed by atoms with E-state index in [4.69, 9.17) is 10.5 Å². The Morgan fingerprint density at radius 2 is 1.62 bits per heavy atom. The van der Waals surface area contributed by atoms with E-state index >= 15 is 0 Å². The number of esters is 1. The highest BCUT2D eigenvalue weighted by molar-refractivity contribution is 5.67. The molecule has 0 aromatic rings. The molecule has 0 bridgehead atoms. The molecular formula is C9H10N2O2. The summed E-state index contributed by atoms with van der Waals surface area (Å²) in [5.74, 6) is -0.686. The van der Waals surface area contributed by atoms with Gasteiger partial charge in [-0.2, -0.15) is 10.5 Å². The lowest BCUT2D eigenvalue weighted by Gasteiger charge is -1.90. The normalized spacial score (nSPS) is 6.46. The van der Waals surface area contributed by atoms with Crippen molar-refractivity contribution >= 4 is 5.97 Å². The van der Waals surface area contributed by atoms with Crippen molar-refractivity contribution in [2.75, 3.05) is 0 Å². The van der Waals surface area contributed by atoms with E-state index in [1.54, 1.807) is 13.0 Å². The zero-order valence-electron chi connectivity index (χ0n) is 7.63. The number of nitrogens with zero attached hydrogens (tertiary/aromatic N) is 2. The fourth-order valence-corrected chi connectivity index (χ4v) is 0.196. The summed E-state index contributed by atoms with van der Waals surface area (Å²) in [5, 5.41) is 15.8. The summed E-state index contributed by atoms with van der Waals surface area (Å²) in [4.78, 5) is 9.98. The van der Waals surface area contributed by atoms with Gasteiger partial charge < -0.3 is 4.74 Å².